The van der Waals surface area contributed by atoms with Crippen LogP contribution in [0, 0.1) is 6.92 Å². The molecule has 6 heteroatoms. The highest BCUT2D eigenvalue weighted by atomic mass is 16.5. The molecule has 1 aliphatic rings. The van der Waals surface area contributed by atoms with E-state index in [0.29, 0.717) is 12.4 Å². The Morgan fingerprint density at radius 1 is 1.52 bits per heavy atom. The van der Waals surface area contributed by atoms with Crippen molar-refractivity contribution in [2.75, 3.05) is 6.61 Å². The minimum absolute atomic E-state index is 0.0874. The molecule has 3 rings (SSSR count). The van der Waals surface area contributed by atoms with Gasteiger partial charge in [0.15, 0.2) is 5.76 Å². The summed E-state index contributed by atoms with van der Waals surface area (Å²) in [6.45, 7) is 5.31. The molecule has 2 aromatic heterocycles. The molecule has 0 aromatic carbocycles. The third-order valence-electron chi connectivity index (χ3n) is 3.72. The van der Waals surface area contributed by atoms with Gasteiger partial charge in [-0.05, 0) is 32.4 Å². The maximum absolute atomic E-state index is 12.2. The molecule has 1 saturated heterocycles. The van der Waals surface area contributed by atoms with E-state index < -0.39 is 0 Å². The van der Waals surface area contributed by atoms with Gasteiger partial charge in [-0.2, -0.15) is 0 Å². The molecule has 0 radical (unpaired) electrons. The number of carbonyl (C=O) groups is 1. The lowest BCUT2D eigenvalue weighted by Crippen LogP contribution is -2.37. The van der Waals surface area contributed by atoms with Gasteiger partial charge in [-0.3, -0.25) is 4.79 Å². The summed E-state index contributed by atoms with van der Waals surface area (Å²) in [6.07, 6.45) is 4.24. The van der Waals surface area contributed by atoms with E-state index in [1.54, 1.807) is 18.3 Å². The standard InChI is InChI=1S/C15H19N3O3/c1-3-18-8-7-16-14(18)13-11(6-9-20-13)17-15(19)12-5-4-10(2)21-12/h4-5,7-8,11,13H,3,6,9H2,1-2H3,(H,17,19)/t11-,13-/m0/s1. The van der Waals surface area contributed by atoms with Crippen LogP contribution in [0.2, 0.25) is 0 Å². The second kappa shape index (κ2) is 5.73. The molecule has 1 fully saturated rings. The molecule has 0 aliphatic carbocycles. The molecular formula is C15H19N3O3. The SMILES string of the molecule is CCn1ccnc1[C@H]1OCC[C@@H]1NC(=O)c1ccc(C)o1. The molecule has 1 amide bonds. The van der Waals surface area contributed by atoms with Gasteiger partial charge in [0.2, 0.25) is 0 Å². The Kier molecular flexibility index (Phi) is 3.79. The second-order valence-electron chi connectivity index (χ2n) is 5.14. The van der Waals surface area contributed by atoms with Crippen molar-refractivity contribution < 1.29 is 13.9 Å². The first-order chi connectivity index (χ1) is 10.2. The first-order valence-electron chi connectivity index (χ1n) is 7.19. The number of ether oxygens (including phenoxy) is 1. The minimum atomic E-state index is -0.210. The van der Waals surface area contributed by atoms with Crippen molar-refractivity contribution in [1.29, 1.82) is 0 Å². The monoisotopic (exact) mass is 289 g/mol. The smallest absolute Gasteiger partial charge is 0.287 e. The maximum Gasteiger partial charge on any atom is 0.287 e. The van der Waals surface area contributed by atoms with Crippen LogP contribution in [-0.2, 0) is 11.3 Å². The zero-order chi connectivity index (χ0) is 14.8. The Hall–Kier alpha value is -2.08. The molecule has 1 N–H and O–H groups in total. The van der Waals surface area contributed by atoms with Gasteiger partial charge < -0.3 is 19.0 Å². The Morgan fingerprint density at radius 2 is 2.38 bits per heavy atom. The van der Waals surface area contributed by atoms with Crippen molar-refractivity contribution in [3.63, 3.8) is 0 Å². The average Bonchev–Trinajstić information content (AvgIpc) is 3.17. The molecule has 21 heavy (non-hydrogen) atoms. The Balaban J connectivity index is 1.74. The number of nitrogens with one attached hydrogen (secondary N) is 1. The molecule has 0 bridgehead atoms. The predicted molar refractivity (Wildman–Crippen MR) is 75.9 cm³/mol. The fourth-order valence-corrected chi connectivity index (χ4v) is 2.63. The third-order valence-corrected chi connectivity index (χ3v) is 3.72. The molecule has 112 valence electrons. The lowest BCUT2D eigenvalue weighted by atomic mass is 10.1. The molecule has 3 heterocycles. The van der Waals surface area contributed by atoms with Gasteiger partial charge in [0.05, 0.1) is 6.04 Å². The highest BCUT2D eigenvalue weighted by Crippen LogP contribution is 2.28. The molecular weight excluding hydrogens is 270 g/mol. The van der Waals surface area contributed by atoms with E-state index in [1.807, 2.05) is 17.7 Å². The molecule has 0 unspecified atom stereocenters. The van der Waals surface area contributed by atoms with Crippen molar-refractivity contribution in [2.45, 2.75) is 39.0 Å². The zero-order valence-corrected chi connectivity index (χ0v) is 12.2. The third kappa shape index (κ3) is 2.71. The number of imidazole rings is 1. The van der Waals surface area contributed by atoms with E-state index in [4.69, 9.17) is 9.15 Å². The van der Waals surface area contributed by atoms with Crippen molar-refractivity contribution in [1.82, 2.24) is 14.9 Å². The number of carbonyl (C=O) groups excluding carboxylic acids is 1. The van der Waals surface area contributed by atoms with E-state index in [0.717, 1.165) is 24.6 Å². The number of rotatable bonds is 4. The lowest BCUT2D eigenvalue weighted by molar-refractivity contribution is 0.0759. The van der Waals surface area contributed by atoms with Crippen molar-refractivity contribution in [3.8, 4) is 0 Å². The van der Waals surface area contributed by atoms with E-state index >= 15 is 0 Å². The summed E-state index contributed by atoms with van der Waals surface area (Å²) in [7, 11) is 0. The average molecular weight is 289 g/mol. The van der Waals surface area contributed by atoms with Gasteiger partial charge in [0, 0.05) is 25.5 Å². The highest BCUT2D eigenvalue weighted by Gasteiger charge is 2.34. The summed E-state index contributed by atoms with van der Waals surface area (Å²) in [5.41, 5.74) is 0. The van der Waals surface area contributed by atoms with Crippen LogP contribution in [0.1, 0.15) is 41.6 Å². The number of amides is 1. The summed E-state index contributed by atoms with van der Waals surface area (Å²) in [6, 6.07) is 3.37. The summed E-state index contributed by atoms with van der Waals surface area (Å²) >= 11 is 0. The van der Waals surface area contributed by atoms with Crippen LogP contribution in [0.15, 0.2) is 28.9 Å². The first kappa shape index (κ1) is 13.9. The summed E-state index contributed by atoms with van der Waals surface area (Å²) in [5, 5.41) is 2.99. The zero-order valence-electron chi connectivity index (χ0n) is 12.2. The van der Waals surface area contributed by atoms with Gasteiger partial charge in [0.1, 0.15) is 17.7 Å². The van der Waals surface area contributed by atoms with Gasteiger partial charge in [-0.1, -0.05) is 0 Å². The predicted octanol–water partition coefficient (Wildman–Crippen LogP) is 2.06. The maximum atomic E-state index is 12.2. The van der Waals surface area contributed by atoms with Crippen LogP contribution < -0.4 is 5.32 Å². The van der Waals surface area contributed by atoms with Crippen molar-refractivity contribution >= 4 is 5.91 Å². The molecule has 2 atom stereocenters. The van der Waals surface area contributed by atoms with Gasteiger partial charge in [-0.15, -0.1) is 0 Å². The Bertz CT molecular complexity index is 632. The molecule has 0 saturated carbocycles. The van der Waals surface area contributed by atoms with Gasteiger partial charge >= 0.3 is 0 Å². The minimum Gasteiger partial charge on any atom is -0.456 e. The fraction of sp³-hybridized carbons (Fsp3) is 0.467. The normalized spacial score (nSPS) is 21.6. The Morgan fingerprint density at radius 3 is 3.10 bits per heavy atom. The Labute approximate surface area is 123 Å². The van der Waals surface area contributed by atoms with Crippen LogP contribution >= 0.6 is 0 Å². The van der Waals surface area contributed by atoms with Crippen LogP contribution in [0.25, 0.3) is 0 Å². The number of nitrogens with zero attached hydrogens (tertiary/aromatic N) is 2. The lowest BCUT2D eigenvalue weighted by Gasteiger charge is -2.19. The van der Waals surface area contributed by atoms with Gasteiger partial charge in [-0.25, -0.2) is 4.98 Å². The van der Waals surface area contributed by atoms with Crippen LogP contribution in [0.3, 0.4) is 0 Å². The van der Waals surface area contributed by atoms with E-state index in [9.17, 15) is 4.79 Å². The number of furan rings is 1. The van der Waals surface area contributed by atoms with E-state index in [-0.39, 0.29) is 18.1 Å². The second-order valence-corrected chi connectivity index (χ2v) is 5.14. The van der Waals surface area contributed by atoms with Crippen molar-refractivity contribution in [3.05, 3.63) is 41.9 Å². The quantitative estimate of drug-likeness (QED) is 0.935. The van der Waals surface area contributed by atoms with Crippen LogP contribution in [0.5, 0.6) is 0 Å². The van der Waals surface area contributed by atoms with E-state index in [2.05, 4.69) is 17.2 Å². The van der Waals surface area contributed by atoms with Crippen molar-refractivity contribution in [2.24, 2.45) is 0 Å². The highest BCUT2D eigenvalue weighted by molar-refractivity contribution is 5.91. The molecule has 0 spiro atoms. The molecule has 6 nitrogen and oxygen atoms in total. The summed E-state index contributed by atoms with van der Waals surface area (Å²) in [5.74, 6) is 1.70. The molecule has 2 aromatic rings. The number of hydrogen-bond donors (Lipinski definition) is 1. The van der Waals surface area contributed by atoms with Crippen LogP contribution in [-0.4, -0.2) is 28.1 Å². The fourth-order valence-electron chi connectivity index (χ4n) is 2.63. The van der Waals surface area contributed by atoms with Gasteiger partial charge in [0.25, 0.3) is 5.91 Å². The topological polar surface area (TPSA) is 69.3 Å². The first-order valence-corrected chi connectivity index (χ1v) is 7.19. The number of hydrogen-bond acceptors (Lipinski definition) is 4. The largest absolute Gasteiger partial charge is 0.456 e. The van der Waals surface area contributed by atoms with E-state index in [1.165, 1.54) is 0 Å². The number of aryl methyl sites for hydroxylation is 2. The van der Waals surface area contributed by atoms with Crippen LogP contribution in [0.4, 0.5) is 0 Å². The summed E-state index contributed by atoms with van der Waals surface area (Å²) in [4.78, 5) is 16.6. The number of aromatic nitrogens is 2. The summed E-state index contributed by atoms with van der Waals surface area (Å²) < 4.78 is 13.2. The molecule has 1 aliphatic heterocycles.